The molecule has 0 atom stereocenters. The smallest absolute Gasteiger partial charge is 0.257 e. The van der Waals surface area contributed by atoms with Crippen LogP contribution >= 0.6 is 0 Å². The van der Waals surface area contributed by atoms with Crippen molar-refractivity contribution < 1.29 is 13.8 Å². The van der Waals surface area contributed by atoms with Crippen molar-refractivity contribution in [3.63, 3.8) is 0 Å². The summed E-state index contributed by atoms with van der Waals surface area (Å²) >= 11 is 0. The molecule has 3 heterocycles. The van der Waals surface area contributed by atoms with Crippen molar-refractivity contribution in [3.8, 4) is 22.6 Å². The molecule has 0 unspecified atom stereocenters. The first-order chi connectivity index (χ1) is 15.3. The molecule has 0 radical (unpaired) electrons. The minimum Gasteiger partial charge on any atom is -0.361 e. The van der Waals surface area contributed by atoms with E-state index in [4.69, 9.17) is 9.05 Å². The number of aromatic nitrogens is 4. The lowest BCUT2D eigenvalue weighted by molar-refractivity contribution is 0.0948. The fraction of sp³-hybridized carbons (Fsp3) is 0.292. The number of carbonyl (C=O) groups is 1. The average Bonchev–Trinajstić information content (AvgIpc) is 3.38. The molecule has 3 aromatic heterocycles. The second kappa shape index (κ2) is 8.74. The molecule has 0 bridgehead atoms. The topological polar surface area (TPSA) is 107 Å². The minimum atomic E-state index is -0.189. The molecule has 32 heavy (non-hydrogen) atoms. The molecule has 0 aliphatic heterocycles. The molecule has 164 valence electrons. The Morgan fingerprint density at radius 1 is 1.06 bits per heavy atom. The van der Waals surface area contributed by atoms with Crippen LogP contribution < -0.4 is 5.32 Å². The van der Waals surface area contributed by atoms with Gasteiger partial charge in [-0.2, -0.15) is 0 Å². The second-order valence-electron chi connectivity index (χ2n) is 8.05. The largest absolute Gasteiger partial charge is 0.361 e. The number of benzene rings is 1. The van der Waals surface area contributed by atoms with Gasteiger partial charge in [0, 0.05) is 24.4 Å². The molecule has 8 heteroatoms. The van der Waals surface area contributed by atoms with Crippen LogP contribution in [0.5, 0.6) is 0 Å². The van der Waals surface area contributed by atoms with Gasteiger partial charge in [0.25, 0.3) is 5.91 Å². The summed E-state index contributed by atoms with van der Waals surface area (Å²) < 4.78 is 10.6. The normalized spacial score (nSPS) is 11.2. The zero-order chi connectivity index (χ0) is 22.8. The Morgan fingerprint density at radius 3 is 2.47 bits per heavy atom. The number of nitrogens with zero attached hydrogens (tertiary/aromatic N) is 4. The molecule has 4 aromatic rings. The average molecular weight is 431 g/mol. The molecule has 1 N–H and O–H groups in total. The van der Waals surface area contributed by atoms with E-state index in [2.05, 4.69) is 25.6 Å². The highest BCUT2D eigenvalue weighted by atomic mass is 16.5. The Kier molecular flexibility index (Phi) is 5.85. The third-order valence-corrected chi connectivity index (χ3v) is 5.15. The predicted octanol–water partition coefficient (Wildman–Crippen LogP) is 4.77. The second-order valence-corrected chi connectivity index (χ2v) is 8.05. The third-order valence-electron chi connectivity index (χ3n) is 5.15. The fourth-order valence-electron chi connectivity index (χ4n) is 3.47. The lowest BCUT2D eigenvalue weighted by Crippen LogP contribution is -2.24. The van der Waals surface area contributed by atoms with E-state index in [-0.39, 0.29) is 11.8 Å². The Labute approximate surface area is 186 Å². The van der Waals surface area contributed by atoms with Gasteiger partial charge < -0.3 is 14.4 Å². The Bertz CT molecular complexity index is 1260. The number of aryl methyl sites for hydroxylation is 3. The zero-order valence-corrected chi connectivity index (χ0v) is 18.8. The van der Waals surface area contributed by atoms with Crippen molar-refractivity contribution in [2.24, 2.45) is 0 Å². The van der Waals surface area contributed by atoms with Gasteiger partial charge in [-0.3, -0.25) is 4.79 Å². The third kappa shape index (κ3) is 4.30. The molecule has 0 saturated heterocycles. The molecule has 0 aliphatic rings. The van der Waals surface area contributed by atoms with Crippen LogP contribution in [0.25, 0.3) is 22.6 Å². The van der Waals surface area contributed by atoms with Crippen molar-refractivity contribution in [2.75, 3.05) is 0 Å². The first-order valence-corrected chi connectivity index (χ1v) is 10.4. The van der Waals surface area contributed by atoms with Gasteiger partial charge in [0.1, 0.15) is 17.1 Å². The lowest BCUT2D eigenvalue weighted by Gasteiger charge is -2.10. The van der Waals surface area contributed by atoms with E-state index in [1.807, 2.05) is 58.0 Å². The maximum Gasteiger partial charge on any atom is 0.257 e. The summed E-state index contributed by atoms with van der Waals surface area (Å²) in [5.41, 5.74) is 5.41. The van der Waals surface area contributed by atoms with E-state index in [1.54, 1.807) is 13.1 Å². The summed E-state index contributed by atoms with van der Waals surface area (Å²) in [6, 6.07) is 9.73. The van der Waals surface area contributed by atoms with Crippen LogP contribution in [0.3, 0.4) is 0 Å². The van der Waals surface area contributed by atoms with Gasteiger partial charge in [-0.05, 0) is 32.3 Å². The van der Waals surface area contributed by atoms with E-state index in [1.165, 1.54) is 0 Å². The molecule has 4 rings (SSSR count). The van der Waals surface area contributed by atoms with Crippen molar-refractivity contribution in [3.05, 3.63) is 70.6 Å². The van der Waals surface area contributed by atoms with Crippen LogP contribution in [0.2, 0.25) is 0 Å². The van der Waals surface area contributed by atoms with Crippen LogP contribution in [0.15, 0.2) is 45.6 Å². The van der Waals surface area contributed by atoms with Gasteiger partial charge in [-0.25, -0.2) is 9.97 Å². The molecule has 8 nitrogen and oxygen atoms in total. The highest BCUT2D eigenvalue weighted by Crippen LogP contribution is 2.30. The molecule has 1 aromatic carbocycles. The summed E-state index contributed by atoms with van der Waals surface area (Å²) in [5.74, 6) is 1.73. The Balaban J connectivity index is 1.53. The molecule has 1 amide bonds. The zero-order valence-electron chi connectivity index (χ0n) is 18.8. The molecule has 0 fully saturated rings. The number of amides is 1. The molecule has 0 saturated carbocycles. The Hall–Kier alpha value is -3.81. The lowest BCUT2D eigenvalue weighted by atomic mass is 10.0. The van der Waals surface area contributed by atoms with Crippen LogP contribution in [-0.4, -0.2) is 26.2 Å². The van der Waals surface area contributed by atoms with Gasteiger partial charge >= 0.3 is 0 Å². The summed E-state index contributed by atoms with van der Waals surface area (Å²) in [5, 5.41) is 10.9. The van der Waals surface area contributed by atoms with Gasteiger partial charge in [-0.1, -0.05) is 48.4 Å². The quantitative estimate of drug-likeness (QED) is 0.469. The van der Waals surface area contributed by atoms with E-state index >= 15 is 0 Å². The first-order valence-electron chi connectivity index (χ1n) is 10.4. The van der Waals surface area contributed by atoms with E-state index in [9.17, 15) is 4.79 Å². The maximum atomic E-state index is 12.7. The summed E-state index contributed by atoms with van der Waals surface area (Å²) in [6.45, 7) is 9.82. The van der Waals surface area contributed by atoms with Gasteiger partial charge in [0.15, 0.2) is 5.76 Å². The number of rotatable bonds is 6. The summed E-state index contributed by atoms with van der Waals surface area (Å²) in [7, 11) is 0. The van der Waals surface area contributed by atoms with Crippen molar-refractivity contribution in [1.82, 2.24) is 25.6 Å². The fourth-order valence-corrected chi connectivity index (χ4v) is 3.47. The summed E-state index contributed by atoms with van der Waals surface area (Å²) in [6.07, 6.45) is 1.75. The molecular formula is C24H25N5O3. The van der Waals surface area contributed by atoms with Gasteiger partial charge in [0.2, 0.25) is 0 Å². The van der Waals surface area contributed by atoms with E-state index < -0.39 is 0 Å². The van der Waals surface area contributed by atoms with Gasteiger partial charge in [-0.15, -0.1) is 0 Å². The SMILES string of the molecule is Cc1cc(-c2cnc(C)nc2-c2ccc(CNC(=O)c3c(C(C)C)noc3C)cc2)on1. The van der Waals surface area contributed by atoms with E-state index in [0.29, 0.717) is 35.1 Å². The standard InChI is InChI=1S/C24H25N5O3/c1-13(2)22-21(15(4)31-29-22)24(30)26-11-17-6-8-18(9-7-17)23-19(12-25-16(5)27-23)20-10-14(3)28-32-20/h6-10,12-13H,11H2,1-5H3,(H,26,30). The maximum absolute atomic E-state index is 12.7. The number of hydrogen-bond acceptors (Lipinski definition) is 7. The van der Waals surface area contributed by atoms with Crippen molar-refractivity contribution in [2.45, 2.75) is 47.1 Å². The number of nitrogens with one attached hydrogen (secondary N) is 1. The Morgan fingerprint density at radius 2 is 1.81 bits per heavy atom. The molecule has 0 aliphatic carbocycles. The highest BCUT2D eigenvalue weighted by molar-refractivity contribution is 5.96. The molecule has 0 spiro atoms. The highest BCUT2D eigenvalue weighted by Gasteiger charge is 2.22. The van der Waals surface area contributed by atoms with Crippen molar-refractivity contribution >= 4 is 5.91 Å². The number of carbonyl (C=O) groups excluding carboxylic acids is 1. The minimum absolute atomic E-state index is 0.103. The van der Waals surface area contributed by atoms with Crippen molar-refractivity contribution in [1.29, 1.82) is 0 Å². The first kappa shape index (κ1) is 21.4. The van der Waals surface area contributed by atoms with Crippen LogP contribution in [-0.2, 0) is 6.54 Å². The molecular weight excluding hydrogens is 406 g/mol. The van der Waals surface area contributed by atoms with E-state index in [0.717, 1.165) is 28.1 Å². The summed E-state index contributed by atoms with van der Waals surface area (Å²) in [4.78, 5) is 21.6. The van der Waals surface area contributed by atoms with Crippen LogP contribution in [0, 0.1) is 20.8 Å². The van der Waals surface area contributed by atoms with Crippen LogP contribution in [0.4, 0.5) is 0 Å². The van der Waals surface area contributed by atoms with Crippen LogP contribution in [0.1, 0.15) is 58.7 Å². The number of hydrogen-bond donors (Lipinski definition) is 1. The predicted molar refractivity (Wildman–Crippen MR) is 119 cm³/mol. The monoisotopic (exact) mass is 431 g/mol. The van der Waals surface area contributed by atoms with Gasteiger partial charge in [0.05, 0.1) is 22.6 Å².